The second kappa shape index (κ2) is 7.41. The number of hydrogen-bond acceptors (Lipinski definition) is 4. The summed E-state index contributed by atoms with van der Waals surface area (Å²) in [7, 11) is 0. The van der Waals surface area contributed by atoms with Gasteiger partial charge in [-0.2, -0.15) is 5.10 Å². The molecule has 0 unspecified atom stereocenters. The molecule has 2 amide bonds. The van der Waals surface area contributed by atoms with E-state index in [1.54, 1.807) is 6.20 Å². The number of nitrogens with zero attached hydrogens (tertiary/aromatic N) is 3. The zero-order valence-corrected chi connectivity index (χ0v) is 13.7. The second-order valence-electron chi connectivity index (χ2n) is 5.61. The molecule has 3 heterocycles. The molecular formula is C16H20N4O2S. The molecule has 6 nitrogen and oxygen atoms in total. The average molecular weight is 332 g/mol. The minimum absolute atomic E-state index is 0.0760. The van der Waals surface area contributed by atoms with E-state index in [1.165, 1.54) is 11.3 Å². The molecule has 1 N–H and O–H groups in total. The summed E-state index contributed by atoms with van der Waals surface area (Å²) in [5, 5.41) is 8.58. The predicted octanol–water partition coefficient (Wildman–Crippen LogP) is 1.78. The highest BCUT2D eigenvalue weighted by atomic mass is 32.1. The summed E-state index contributed by atoms with van der Waals surface area (Å²) in [6.45, 7) is 2.48. The van der Waals surface area contributed by atoms with E-state index in [9.17, 15) is 9.59 Å². The van der Waals surface area contributed by atoms with Crippen molar-refractivity contribution in [2.45, 2.75) is 19.3 Å². The van der Waals surface area contributed by atoms with Crippen molar-refractivity contribution in [3.05, 3.63) is 40.3 Å². The van der Waals surface area contributed by atoms with Crippen LogP contribution in [0.15, 0.2) is 29.9 Å². The molecule has 0 radical (unpaired) electrons. The molecular weight excluding hydrogens is 312 g/mol. The molecule has 0 aliphatic carbocycles. The highest BCUT2D eigenvalue weighted by Crippen LogP contribution is 2.14. The Hall–Kier alpha value is -2.15. The molecule has 0 saturated carbocycles. The van der Waals surface area contributed by atoms with Crippen LogP contribution in [0.4, 0.5) is 0 Å². The largest absolute Gasteiger partial charge is 0.339 e. The van der Waals surface area contributed by atoms with Gasteiger partial charge in [0.05, 0.1) is 11.1 Å². The first kappa shape index (κ1) is 15.7. The lowest BCUT2D eigenvalue weighted by Crippen LogP contribution is -2.50. The fourth-order valence-electron chi connectivity index (χ4n) is 2.73. The molecule has 0 spiro atoms. The third-order valence-electron chi connectivity index (χ3n) is 4.06. The van der Waals surface area contributed by atoms with Gasteiger partial charge in [0.15, 0.2) is 0 Å². The minimum atomic E-state index is 0.0760. The number of nitrogens with one attached hydrogen (secondary N) is 1. The van der Waals surface area contributed by atoms with Crippen LogP contribution < -0.4 is 0 Å². The van der Waals surface area contributed by atoms with Gasteiger partial charge in [0.1, 0.15) is 0 Å². The predicted molar refractivity (Wildman–Crippen MR) is 88.3 cm³/mol. The minimum Gasteiger partial charge on any atom is -0.339 e. The third-order valence-corrected chi connectivity index (χ3v) is 4.92. The molecule has 2 aromatic heterocycles. The molecule has 122 valence electrons. The van der Waals surface area contributed by atoms with E-state index in [-0.39, 0.29) is 11.8 Å². The summed E-state index contributed by atoms with van der Waals surface area (Å²) >= 11 is 1.46. The number of carbonyl (C=O) groups is 2. The summed E-state index contributed by atoms with van der Waals surface area (Å²) in [6, 6.07) is 3.73. The van der Waals surface area contributed by atoms with Crippen LogP contribution in [0.3, 0.4) is 0 Å². The lowest BCUT2D eigenvalue weighted by atomic mass is 10.1. The maximum atomic E-state index is 12.3. The van der Waals surface area contributed by atoms with Crippen LogP contribution >= 0.6 is 11.3 Å². The van der Waals surface area contributed by atoms with Crippen molar-refractivity contribution in [1.29, 1.82) is 0 Å². The Balaban J connectivity index is 1.41. The van der Waals surface area contributed by atoms with Gasteiger partial charge in [-0.05, 0) is 29.9 Å². The summed E-state index contributed by atoms with van der Waals surface area (Å²) in [5.41, 5.74) is 1.13. The van der Waals surface area contributed by atoms with Crippen molar-refractivity contribution >= 4 is 23.2 Å². The smallest absolute Gasteiger partial charge is 0.264 e. The zero-order chi connectivity index (χ0) is 16.1. The molecule has 1 saturated heterocycles. The van der Waals surface area contributed by atoms with Gasteiger partial charge in [0, 0.05) is 38.8 Å². The lowest BCUT2D eigenvalue weighted by Gasteiger charge is -2.34. The number of hydrogen-bond donors (Lipinski definition) is 1. The van der Waals surface area contributed by atoms with Crippen molar-refractivity contribution in [3.63, 3.8) is 0 Å². The quantitative estimate of drug-likeness (QED) is 0.907. The van der Waals surface area contributed by atoms with Crippen LogP contribution in [0.25, 0.3) is 0 Å². The first-order valence-corrected chi connectivity index (χ1v) is 8.70. The van der Waals surface area contributed by atoms with Crippen LogP contribution in [0.2, 0.25) is 0 Å². The zero-order valence-electron chi connectivity index (χ0n) is 12.9. The van der Waals surface area contributed by atoms with Gasteiger partial charge in [-0.15, -0.1) is 11.3 Å². The highest BCUT2D eigenvalue weighted by molar-refractivity contribution is 7.12. The molecule has 7 heteroatoms. The van der Waals surface area contributed by atoms with E-state index in [4.69, 9.17) is 0 Å². The molecule has 1 fully saturated rings. The van der Waals surface area contributed by atoms with Crippen molar-refractivity contribution in [1.82, 2.24) is 20.0 Å². The normalized spacial score (nSPS) is 15.0. The number of aromatic amines is 1. The topological polar surface area (TPSA) is 69.3 Å². The Kier molecular flexibility index (Phi) is 5.07. The first-order valence-electron chi connectivity index (χ1n) is 7.82. The van der Waals surface area contributed by atoms with Crippen LogP contribution in [0.5, 0.6) is 0 Å². The Morgan fingerprint density at radius 1 is 1.22 bits per heavy atom. The van der Waals surface area contributed by atoms with Gasteiger partial charge < -0.3 is 9.80 Å². The van der Waals surface area contributed by atoms with E-state index in [2.05, 4.69) is 10.2 Å². The van der Waals surface area contributed by atoms with Crippen LogP contribution in [0, 0.1) is 0 Å². The van der Waals surface area contributed by atoms with Gasteiger partial charge >= 0.3 is 0 Å². The van der Waals surface area contributed by atoms with Crippen LogP contribution in [-0.4, -0.2) is 58.0 Å². The molecule has 0 aromatic carbocycles. The van der Waals surface area contributed by atoms with E-state index in [0.717, 1.165) is 23.3 Å². The molecule has 2 aromatic rings. The van der Waals surface area contributed by atoms with Gasteiger partial charge in [0.2, 0.25) is 5.91 Å². The van der Waals surface area contributed by atoms with Crippen molar-refractivity contribution in [3.8, 4) is 0 Å². The number of H-pyrrole nitrogens is 1. The number of aromatic nitrogens is 2. The third kappa shape index (κ3) is 3.98. The number of carbonyl (C=O) groups excluding carboxylic acids is 2. The summed E-state index contributed by atoms with van der Waals surface area (Å²) in [4.78, 5) is 29.0. The molecule has 3 rings (SSSR count). The summed E-state index contributed by atoms with van der Waals surface area (Å²) < 4.78 is 0. The fraction of sp³-hybridized carbons (Fsp3) is 0.438. The van der Waals surface area contributed by atoms with E-state index < -0.39 is 0 Å². The number of amides is 2. The Morgan fingerprint density at radius 3 is 2.65 bits per heavy atom. The van der Waals surface area contributed by atoms with Gasteiger partial charge in [-0.25, -0.2) is 0 Å². The second-order valence-corrected chi connectivity index (χ2v) is 6.56. The highest BCUT2D eigenvalue weighted by Gasteiger charge is 2.24. The van der Waals surface area contributed by atoms with E-state index >= 15 is 0 Å². The number of rotatable bonds is 5. The molecule has 1 aliphatic rings. The SMILES string of the molecule is O=C(CCCc1cn[nH]c1)N1CCN(C(=O)c2cccs2)CC1. The maximum absolute atomic E-state index is 12.3. The molecule has 1 aliphatic heterocycles. The number of aryl methyl sites for hydroxylation is 1. The van der Waals surface area contributed by atoms with Crippen molar-refractivity contribution in [2.24, 2.45) is 0 Å². The maximum Gasteiger partial charge on any atom is 0.264 e. The van der Waals surface area contributed by atoms with Crippen LogP contribution in [-0.2, 0) is 11.2 Å². The van der Waals surface area contributed by atoms with Crippen molar-refractivity contribution in [2.75, 3.05) is 26.2 Å². The van der Waals surface area contributed by atoms with E-state index in [0.29, 0.717) is 32.6 Å². The molecule has 0 bridgehead atoms. The summed E-state index contributed by atoms with van der Waals surface area (Å²) in [5.74, 6) is 0.253. The Bertz CT molecular complexity index is 631. The number of thiophene rings is 1. The van der Waals surface area contributed by atoms with E-state index in [1.807, 2.05) is 33.5 Å². The Morgan fingerprint density at radius 2 is 2.00 bits per heavy atom. The molecule has 0 atom stereocenters. The first-order chi connectivity index (χ1) is 11.2. The summed E-state index contributed by atoms with van der Waals surface area (Å²) in [6.07, 6.45) is 5.88. The lowest BCUT2D eigenvalue weighted by molar-refractivity contribution is -0.132. The van der Waals surface area contributed by atoms with Crippen LogP contribution in [0.1, 0.15) is 28.1 Å². The van der Waals surface area contributed by atoms with Gasteiger partial charge in [-0.3, -0.25) is 14.7 Å². The van der Waals surface area contributed by atoms with Gasteiger partial charge in [-0.1, -0.05) is 6.07 Å². The Labute approximate surface area is 139 Å². The number of piperazine rings is 1. The standard InChI is InChI=1S/C16H20N4O2S/c21-15(5-1-3-13-11-17-18-12-13)19-6-8-20(9-7-19)16(22)14-4-2-10-23-14/h2,4,10-12H,1,3,5-9H2,(H,17,18). The van der Waals surface area contributed by atoms with Gasteiger partial charge in [0.25, 0.3) is 5.91 Å². The van der Waals surface area contributed by atoms with Crippen molar-refractivity contribution < 1.29 is 9.59 Å². The fourth-order valence-corrected chi connectivity index (χ4v) is 3.42. The molecule has 23 heavy (non-hydrogen) atoms. The average Bonchev–Trinajstić information content (AvgIpc) is 3.28. The monoisotopic (exact) mass is 332 g/mol.